The summed E-state index contributed by atoms with van der Waals surface area (Å²) in [7, 11) is -9.91. The minimum atomic E-state index is -4.96. The Morgan fingerprint density at radius 2 is 0.495 bits per heavy atom. The van der Waals surface area contributed by atoms with E-state index in [2.05, 4.69) is 41.5 Å². The van der Waals surface area contributed by atoms with Crippen molar-refractivity contribution in [2.45, 2.75) is 400 Å². The molecule has 0 aromatic carbocycles. The fourth-order valence-electron chi connectivity index (χ4n) is 11.3. The van der Waals surface area contributed by atoms with E-state index in [1.807, 2.05) is 0 Å². The van der Waals surface area contributed by atoms with Gasteiger partial charge in [0.2, 0.25) is 0 Å². The molecule has 0 heterocycles. The summed E-state index contributed by atoms with van der Waals surface area (Å²) in [6.45, 7) is 9.53. The standard InChI is InChI=1S/C74H144O17P2/c1-7-9-11-13-15-17-19-21-26-29-33-37-44-50-56-71(76)84-62-69(90-73(78)59-53-47-39-35-31-27-23-22-25-28-32-36-42-48-54-66(3)4)64-88-92(80,81)86-60-68(75)61-87-93(82,83)89-65-70(63-85-72(77)57-51-45-41-40-43-49-55-67(5)6)91-74(79)58-52-46-38-34-30-24-20-18-16-14-12-10-8-2/h66-70,75H,7-65H2,1-6H3,(H,80,81)(H,82,83)/t68-,69-,70-/m1/s1. The normalized spacial score (nSPS) is 14.1. The van der Waals surface area contributed by atoms with Crippen LogP contribution in [0.15, 0.2) is 0 Å². The highest BCUT2D eigenvalue weighted by Crippen LogP contribution is 2.45. The lowest BCUT2D eigenvalue weighted by Crippen LogP contribution is -2.30. The van der Waals surface area contributed by atoms with Crippen molar-refractivity contribution < 1.29 is 80.2 Å². The second kappa shape index (κ2) is 66.0. The lowest BCUT2D eigenvalue weighted by molar-refractivity contribution is -0.161. The minimum absolute atomic E-state index is 0.107. The summed E-state index contributed by atoms with van der Waals surface area (Å²) in [6, 6.07) is 0. The van der Waals surface area contributed by atoms with E-state index in [4.69, 9.17) is 37.0 Å². The molecule has 0 radical (unpaired) electrons. The lowest BCUT2D eigenvalue weighted by Gasteiger charge is -2.21. The van der Waals surface area contributed by atoms with Crippen LogP contribution in [0, 0.1) is 11.8 Å². The van der Waals surface area contributed by atoms with E-state index in [9.17, 15) is 43.2 Å². The molecule has 19 heteroatoms. The number of rotatable bonds is 73. The fourth-order valence-corrected chi connectivity index (χ4v) is 12.9. The van der Waals surface area contributed by atoms with Gasteiger partial charge < -0.3 is 33.8 Å². The maximum absolute atomic E-state index is 13.1. The van der Waals surface area contributed by atoms with E-state index in [1.54, 1.807) is 0 Å². The average molecular weight is 1370 g/mol. The predicted molar refractivity (Wildman–Crippen MR) is 377 cm³/mol. The van der Waals surface area contributed by atoms with Crippen molar-refractivity contribution in [3.63, 3.8) is 0 Å². The maximum Gasteiger partial charge on any atom is 0.472 e. The van der Waals surface area contributed by atoms with E-state index in [0.717, 1.165) is 102 Å². The Bertz CT molecular complexity index is 1800. The molecular formula is C74H144O17P2. The van der Waals surface area contributed by atoms with Gasteiger partial charge in [-0.25, -0.2) is 9.13 Å². The second-order valence-electron chi connectivity index (χ2n) is 27.6. The number of hydrogen-bond acceptors (Lipinski definition) is 15. The Labute approximate surface area is 568 Å². The molecule has 552 valence electrons. The van der Waals surface area contributed by atoms with Gasteiger partial charge in [0.25, 0.3) is 0 Å². The Morgan fingerprint density at radius 1 is 0.290 bits per heavy atom. The van der Waals surface area contributed by atoms with Crippen LogP contribution in [0.1, 0.15) is 382 Å². The lowest BCUT2D eigenvalue weighted by atomic mass is 10.0. The van der Waals surface area contributed by atoms with Crippen molar-refractivity contribution >= 4 is 39.5 Å². The van der Waals surface area contributed by atoms with Gasteiger partial charge in [-0.15, -0.1) is 0 Å². The smallest absolute Gasteiger partial charge is 0.462 e. The predicted octanol–water partition coefficient (Wildman–Crippen LogP) is 21.6. The first-order valence-electron chi connectivity index (χ1n) is 38.5. The van der Waals surface area contributed by atoms with Crippen molar-refractivity contribution in [3.8, 4) is 0 Å². The molecule has 0 aromatic heterocycles. The van der Waals surface area contributed by atoms with E-state index in [0.29, 0.717) is 31.6 Å². The number of carbonyl (C=O) groups excluding carboxylic acids is 4. The quantitative estimate of drug-likeness (QED) is 0.0222. The Kier molecular flexibility index (Phi) is 64.6. The van der Waals surface area contributed by atoms with Crippen LogP contribution >= 0.6 is 15.6 Å². The van der Waals surface area contributed by atoms with E-state index in [-0.39, 0.29) is 25.7 Å². The van der Waals surface area contributed by atoms with Crippen LogP contribution in [-0.4, -0.2) is 96.7 Å². The van der Waals surface area contributed by atoms with Crippen LogP contribution < -0.4 is 0 Å². The van der Waals surface area contributed by atoms with Gasteiger partial charge in [0.1, 0.15) is 19.3 Å². The second-order valence-corrected chi connectivity index (χ2v) is 30.5. The van der Waals surface area contributed by atoms with Gasteiger partial charge in [-0.3, -0.25) is 37.3 Å². The number of aliphatic hydroxyl groups is 1. The maximum atomic E-state index is 13.1. The topological polar surface area (TPSA) is 237 Å². The number of carbonyl (C=O) groups is 4. The van der Waals surface area contributed by atoms with Crippen molar-refractivity contribution in [1.82, 2.24) is 0 Å². The van der Waals surface area contributed by atoms with Gasteiger partial charge in [-0.2, -0.15) is 0 Å². The van der Waals surface area contributed by atoms with Gasteiger partial charge in [-0.1, -0.05) is 330 Å². The van der Waals surface area contributed by atoms with Crippen LogP contribution in [0.2, 0.25) is 0 Å². The molecule has 5 atom stereocenters. The molecule has 0 aromatic rings. The van der Waals surface area contributed by atoms with Crippen LogP contribution in [0.3, 0.4) is 0 Å². The summed E-state index contributed by atoms with van der Waals surface area (Å²) in [5.41, 5.74) is 0. The molecule has 0 aliphatic heterocycles. The zero-order chi connectivity index (χ0) is 68.6. The third-order valence-electron chi connectivity index (χ3n) is 17.2. The molecule has 17 nitrogen and oxygen atoms in total. The summed E-state index contributed by atoms with van der Waals surface area (Å²) in [4.78, 5) is 72.7. The number of phosphoric acid groups is 2. The first kappa shape index (κ1) is 91.1. The molecule has 0 aliphatic carbocycles. The molecule has 0 fully saturated rings. The molecule has 0 spiro atoms. The van der Waals surface area contributed by atoms with Crippen LogP contribution in [0.5, 0.6) is 0 Å². The van der Waals surface area contributed by atoms with E-state index < -0.39 is 97.5 Å². The molecule has 0 rings (SSSR count). The molecule has 0 amide bonds. The third-order valence-corrected chi connectivity index (χ3v) is 19.1. The van der Waals surface area contributed by atoms with Gasteiger partial charge in [0, 0.05) is 25.7 Å². The number of unbranched alkanes of at least 4 members (excludes halogenated alkanes) is 43. The van der Waals surface area contributed by atoms with Crippen molar-refractivity contribution in [1.29, 1.82) is 0 Å². The molecule has 0 bridgehead atoms. The van der Waals surface area contributed by atoms with Gasteiger partial charge >= 0.3 is 39.5 Å². The highest BCUT2D eigenvalue weighted by Gasteiger charge is 2.30. The van der Waals surface area contributed by atoms with Crippen LogP contribution in [-0.2, 0) is 65.4 Å². The zero-order valence-electron chi connectivity index (χ0n) is 60.6. The van der Waals surface area contributed by atoms with E-state index >= 15 is 0 Å². The first-order chi connectivity index (χ1) is 44.9. The zero-order valence-corrected chi connectivity index (χ0v) is 62.3. The number of esters is 4. The summed E-state index contributed by atoms with van der Waals surface area (Å²) in [5, 5.41) is 10.6. The largest absolute Gasteiger partial charge is 0.472 e. The third kappa shape index (κ3) is 68.4. The summed E-state index contributed by atoms with van der Waals surface area (Å²) >= 11 is 0. The van der Waals surface area contributed by atoms with Gasteiger partial charge in [0.15, 0.2) is 12.2 Å². The molecule has 93 heavy (non-hydrogen) atoms. The SMILES string of the molecule is CCCCCCCCCCCCCCCCC(=O)OC[C@H](COP(=O)(O)OC[C@@H](O)COP(=O)(O)OC[C@@H](COC(=O)CCCCCCCCC(C)C)OC(=O)CCCCCCCCCCCCCCC)OC(=O)CCCCCCCCCCCCCCCCC(C)C. The summed E-state index contributed by atoms with van der Waals surface area (Å²) in [6.07, 6.45) is 52.7. The monoisotopic (exact) mass is 1370 g/mol. The van der Waals surface area contributed by atoms with Crippen molar-refractivity contribution in [2.75, 3.05) is 39.6 Å². The average Bonchev–Trinajstić information content (AvgIpc) is 1.55. The highest BCUT2D eigenvalue weighted by atomic mass is 31.2. The van der Waals surface area contributed by atoms with Gasteiger partial charge in [-0.05, 0) is 37.5 Å². The molecule has 0 aliphatic rings. The van der Waals surface area contributed by atoms with Gasteiger partial charge in [0.05, 0.1) is 26.4 Å². The fraction of sp³-hybridized carbons (Fsp3) is 0.946. The minimum Gasteiger partial charge on any atom is -0.462 e. The van der Waals surface area contributed by atoms with Crippen molar-refractivity contribution in [3.05, 3.63) is 0 Å². The van der Waals surface area contributed by atoms with E-state index in [1.165, 1.54) is 193 Å². The number of phosphoric ester groups is 2. The summed E-state index contributed by atoms with van der Waals surface area (Å²) in [5.74, 6) is -0.643. The summed E-state index contributed by atoms with van der Waals surface area (Å²) < 4.78 is 68.4. The Hall–Kier alpha value is -1.94. The molecule has 3 N–H and O–H groups in total. The Morgan fingerprint density at radius 3 is 0.731 bits per heavy atom. The molecular weight excluding hydrogens is 1220 g/mol. The highest BCUT2D eigenvalue weighted by molar-refractivity contribution is 7.47. The molecule has 0 saturated heterocycles. The number of aliphatic hydroxyl groups excluding tert-OH is 1. The molecule has 2 unspecified atom stereocenters. The Balaban J connectivity index is 5.24. The number of ether oxygens (including phenoxy) is 4. The number of hydrogen-bond donors (Lipinski definition) is 3. The first-order valence-corrected chi connectivity index (χ1v) is 41.5. The van der Waals surface area contributed by atoms with Crippen LogP contribution in [0.4, 0.5) is 0 Å². The van der Waals surface area contributed by atoms with Crippen molar-refractivity contribution in [2.24, 2.45) is 11.8 Å². The van der Waals surface area contributed by atoms with Crippen LogP contribution in [0.25, 0.3) is 0 Å². The molecule has 0 saturated carbocycles.